The minimum atomic E-state index is -1.25. The van der Waals surface area contributed by atoms with Gasteiger partial charge < -0.3 is 14.8 Å². The van der Waals surface area contributed by atoms with Gasteiger partial charge in [-0.15, -0.1) is 0 Å². The van der Waals surface area contributed by atoms with E-state index in [1.807, 2.05) is 30.3 Å². The van der Waals surface area contributed by atoms with Crippen molar-refractivity contribution in [2.45, 2.75) is 25.3 Å². The third-order valence-corrected chi connectivity index (χ3v) is 2.98. The summed E-state index contributed by atoms with van der Waals surface area (Å²) in [4.78, 5) is 34.9. The minimum absolute atomic E-state index is 0.257. The standard InChI is InChI=1S/C15H19NO5/c1-15(14(19)21-3,10-11-7-5-4-6-8-11)16-12(17)9-13(18)20-2/h4-8H,9-10H2,1-3H3,(H,16,17). The number of ether oxygens (including phenoxy) is 2. The Hall–Kier alpha value is -2.37. The fourth-order valence-corrected chi connectivity index (χ4v) is 1.95. The predicted molar refractivity (Wildman–Crippen MR) is 75.3 cm³/mol. The highest BCUT2D eigenvalue weighted by Gasteiger charge is 2.36. The molecule has 0 aliphatic rings. The van der Waals surface area contributed by atoms with E-state index >= 15 is 0 Å². The summed E-state index contributed by atoms with van der Waals surface area (Å²) in [6, 6.07) is 9.21. The molecule has 21 heavy (non-hydrogen) atoms. The fourth-order valence-electron chi connectivity index (χ4n) is 1.95. The van der Waals surface area contributed by atoms with Crippen molar-refractivity contribution in [1.29, 1.82) is 0 Å². The van der Waals surface area contributed by atoms with E-state index in [4.69, 9.17) is 4.74 Å². The molecule has 1 amide bonds. The number of carbonyl (C=O) groups is 3. The Balaban J connectivity index is 2.86. The number of amides is 1. The van der Waals surface area contributed by atoms with Crippen LogP contribution in [-0.2, 0) is 30.3 Å². The van der Waals surface area contributed by atoms with Crippen molar-refractivity contribution in [2.24, 2.45) is 0 Å². The second-order valence-electron chi connectivity index (χ2n) is 4.79. The fraction of sp³-hybridized carbons (Fsp3) is 0.400. The molecule has 1 unspecified atom stereocenters. The molecule has 0 aliphatic heterocycles. The number of methoxy groups -OCH3 is 2. The second-order valence-corrected chi connectivity index (χ2v) is 4.79. The quantitative estimate of drug-likeness (QED) is 0.621. The lowest BCUT2D eigenvalue weighted by molar-refractivity contribution is -0.152. The Bertz CT molecular complexity index is 514. The second kappa shape index (κ2) is 7.42. The van der Waals surface area contributed by atoms with Crippen molar-refractivity contribution in [3.63, 3.8) is 0 Å². The first kappa shape index (κ1) is 16.7. The van der Waals surface area contributed by atoms with Crippen LogP contribution in [0.25, 0.3) is 0 Å². The summed E-state index contributed by atoms with van der Waals surface area (Å²) in [5.74, 6) is -1.84. The Labute approximate surface area is 123 Å². The van der Waals surface area contributed by atoms with E-state index in [-0.39, 0.29) is 6.42 Å². The molecule has 6 nitrogen and oxygen atoms in total. The molecule has 1 aromatic rings. The molecule has 0 aliphatic carbocycles. The average Bonchev–Trinajstić information content (AvgIpc) is 2.46. The van der Waals surface area contributed by atoms with Crippen LogP contribution in [0.15, 0.2) is 30.3 Å². The van der Waals surface area contributed by atoms with E-state index in [1.54, 1.807) is 6.92 Å². The third kappa shape index (κ3) is 4.91. The molecule has 6 heteroatoms. The van der Waals surface area contributed by atoms with Crippen LogP contribution in [-0.4, -0.2) is 37.6 Å². The molecular formula is C15H19NO5. The summed E-state index contributed by atoms with van der Waals surface area (Å²) in [6.07, 6.45) is -0.189. The van der Waals surface area contributed by atoms with Crippen LogP contribution < -0.4 is 5.32 Å². The van der Waals surface area contributed by atoms with Gasteiger partial charge in [0.25, 0.3) is 0 Å². The van der Waals surface area contributed by atoms with Gasteiger partial charge in [0.2, 0.25) is 5.91 Å². The first-order valence-corrected chi connectivity index (χ1v) is 6.41. The normalized spacial score (nSPS) is 12.9. The summed E-state index contributed by atoms with van der Waals surface area (Å²) in [7, 11) is 2.44. The van der Waals surface area contributed by atoms with E-state index in [1.165, 1.54) is 14.2 Å². The zero-order valence-corrected chi connectivity index (χ0v) is 12.3. The number of carbonyl (C=O) groups excluding carboxylic acids is 3. The van der Waals surface area contributed by atoms with Crippen LogP contribution in [0.5, 0.6) is 0 Å². The molecule has 0 bridgehead atoms. The number of benzene rings is 1. The van der Waals surface area contributed by atoms with Gasteiger partial charge in [-0.05, 0) is 12.5 Å². The number of nitrogens with one attached hydrogen (secondary N) is 1. The van der Waals surface area contributed by atoms with Crippen molar-refractivity contribution in [3.05, 3.63) is 35.9 Å². The van der Waals surface area contributed by atoms with Crippen LogP contribution >= 0.6 is 0 Å². The lowest BCUT2D eigenvalue weighted by Crippen LogP contribution is -2.54. The van der Waals surface area contributed by atoms with Gasteiger partial charge in [0.15, 0.2) is 0 Å². The van der Waals surface area contributed by atoms with Crippen LogP contribution in [0.2, 0.25) is 0 Å². The summed E-state index contributed by atoms with van der Waals surface area (Å²) < 4.78 is 9.17. The van der Waals surface area contributed by atoms with Gasteiger partial charge in [-0.2, -0.15) is 0 Å². The maximum atomic E-state index is 12.0. The highest BCUT2D eigenvalue weighted by atomic mass is 16.5. The molecular weight excluding hydrogens is 274 g/mol. The van der Waals surface area contributed by atoms with E-state index in [9.17, 15) is 14.4 Å². The molecule has 1 N–H and O–H groups in total. The van der Waals surface area contributed by atoms with Crippen LogP contribution in [0.3, 0.4) is 0 Å². The van der Waals surface area contributed by atoms with Gasteiger partial charge in [-0.25, -0.2) is 4.79 Å². The summed E-state index contributed by atoms with van der Waals surface area (Å²) in [5.41, 5.74) is -0.384. The number of esters is 2. The van der Waals surface area contributed by atoms with Crippen molar-refractivity contribution >= 4 is 17.8 Å². The largest absolute Gasteiger partial charge is 0.469 e. The topological polar surface area (TPSA) is 81.7 Å². The van der Waals surface area contributed by atoms with Crippen molar-refractivity contribution in [3.8, 4) is 0 Å². The van der Waals surface area contributed by atoms with Gasteiger partial charge in [0, 0.05) is 6.42 Å². The molecule has 0 heterocycles. The maximum Gasteiger partial charge on any atom is 0.331 e. The van der Waals surface area contributed by atoms with Crippen LogP contribution in [0.4, 0.5) is 0 Å². The van der Waals surface area contributed by atoms with Gasteiger partial charge in [-0.3, -0.25) is 9.59 Å². The monoisotopic (exact) mass is 293 g/mol. The Morgan fingerprint density at radius 2 is 1.71 bits per heavy atom. The lowest BCUT2D eigenvalue weighted by Gasteiger charge is -2.28. The number of hydrogen-bond donors (Lipinski definition) is 1. The molecule has 0 saturated heterocycles. The number of rotatable bonds is 6. The highest BCUT2D eigenvalue weighted by molar-refractivity contribution is 5.97. The maximum absolute atomic E-state index is 12.0. The lowest BCUT2D eigenvalue weighted by atomic mass is 9.92. The Morgan fingerprint density at radius 1 is 1.10 bits per heavy atom. The molecule has 114 valence electrons. The predicted octanol–water partition coefficient (Wildman–Crippen LogP) is 0.840. The molecule has 1 atom stereocenters. The molecule has 0 saturated carbocycles. The average molecular weight is 293 g/mol. The molecule has 0 aromatic heterocycles. The Kier molecular flexibility index (Phi) is 5.90. The van der Waals surface area contributed by atoms with Gasteiger partial charge in [0.1, 0.15) is 12.0 Å². The first-order chi connectivity index (χ1) is 9.91. The third-order valence-electron chi connectivity index (χ3n) is 2.98. The number of hydrogen-bond acceptors (Lipinski definition) is 5. The van der Waals surface area contributed by atoms with E-state index < -0.39 is 29.8 Å². The summed E-state index contributed by atoms with van der Waals surface area (Å²) >= 11 is 0. The van der Waals surface area contributed by atoms with Crippen molar-refractivity contribution in [2.75, 3.05) is 14.2 Å². The first-order valence-electron chi connectivity index (χ1n) is 6.41. The Morgan fingerprint density at radius 3 is 2.24 bits per heavy atom. The van der Waals surface area contributed by atoms with Gasteiger partial charge >= 0.3 is 11.9 Å². The zero-order chi connectivity index (χ0) is 15.9. The van der Waals surface area contributed by atoms with Crippen molar-refractivity contribution < 1.29 is 23.9 Å². The minimum Gasteiger partial charge on any atom is -0.469 e. The van der Waals surface area contributed by atoms with Gasteiger partial charge in [-0.1, -0.05) is 30.3 Å². The van der Waals surface area contributed by atoms with E-state index in [0.717, 1.165) is 5.56 Å². The molecule has 0 fully saturated rings. The molecule has 1 aromatic carbocycles. The van der Waals surface area contributed by atoms with Crippen LogP contribution in [0, 0.1) is 0 Å². The van der Waals surface area contributed by atoms with E-state index in [0.29, 0.717) is 0 Å². The SMILES string of the molecule is COC(=O)CC(=O)NC(C)(Cc1ccccc1)C(=O)OC. The highest BCUT2D eigenvalue weighted by Crippen LogP contribution is 2.15. The smallest absolute Gasteiger partial charge is 0.331 e. The van der Waals surface area contributed by atoms with E-state index in [2.05, 4.69) is 10.1 Å². The molecule has 0 radical (unpaired) electrons. The van der Waals surface area contributed by atoms with Crippen molar-refractivity contribution in [1.82, 2.24) is 5.32 Å². The van der Waals surface area contributed by atoms with Crippen LogP contribution in [0.1, 0.15) is 18.9 Å². The van der Waals surface area contributed by atoms with Gasteiger partial charge in [0.05, 0.1) is 14.2 Å². The molecule has 0 spiro atoms. The zero-order valence-electron chi connectivity index (χ0n) is 12.3. The summed E-state index contributed by atoms with van der Waals surface area (Å²) in [6.45, 7) is 1.56. The summed E-state index contributed by atoms with van der Waals surface area (Å²) in [5, 5.41) is 2.54. The molecule has 1 rings (SSSR count).